The number of piperidine rings is 1. The summed E-state index contributed by atoms with van der Waals surface area (Å²) in [5.74, 6) is -1.35. The highest BCUT2D eigenvalue weighted by Gasteiger charge is 2.45. The molecule has 3 aliphatic rings. The van der Waals surface area contributed by atoms with Gasteiger partial charge in [0.2, 0.25) is 11.8 Å². The van der Waals surface area contributed by atoms with Crippen molar-refractivity contribution >= 4 is 23.6 Å². The number of fused-ring (bicyclic) bond motifs is 1. The van der Waals surface area contributed by atoms with Crippen molar-refractivity contribution < 1.29 is 19.2 Å². The van der Waals surface area contributed by atoms with Crippen LogP contribution in [0.15, 0.2) is 18.2 Å². The lowest BCUT2D eigenvalue weighted by molar-refractivity contribution is -0.136. The smallest absolute Gasteiger partial charge is 0.262 e. The van der Waals surface area contributed by atoms with Crippen LogP contribution in [0.1, 0.15) is 53.0 Å². The summed E-state index contributed by atoms with van der Waals surface area (Å²) in [5, 5.41) is 5.75. The first kappa shape index (κ1) is 19.7. The van der Waals surface area contributed by atoms with E-state index in [9.17, 15) is 19.2 Å². The highest BCUT2D eigenvalue weighted by molar-refractivity contribution is 6.24. The zero-order valence-corrected chi connectivity index (χ0v) is 16.7. The summed E-state index contributed by atoms with van der Waals surface area (Å²) < 4.78 is 0. The van der Waals surface area contributed by atoms with Gasteiger partial charge in [0.1, 0.15) is 6.04 Å². The molecular formula is C21H26N4O4. The molecule has 8 nitrogen and oxygen atoms in total. The normalized spacial score (nSPS) is 25.6. The van der Waals surface area contributed by atoms with E-state index in [-0.39, 0.29) is 18.7 Å². The molecule has 2 N–H and O–H groups in total. The molecule has 0 bridgehead atoms. The third-order valence-corrected chi connectivity index (χ3v) is 6.04. The molecule has 2 atom stereocenters. The second kappa shape index (κ2) is 7.68. The van der Waals surface area contributed by atoms with Crippen LogP contribution >= 0.6 is 0 Å². The zero-order chi connectivity index (χ0) is 20.7. The van der Waals surface area contributed by atoms with Crippen LogP contribution in [0.5, 0.6) is 0 Å². The molecule has 3 heterocycles. The quantitative estimate of drug-likeness (QED) is 0.718. The van der Waals surface area contributed by atoms with Crippen molar-refractivity contribution in [3.8, 4) is 0 Å². The second-order valence-electron chi connectivity index (χ2n) is 8.33. The van der Waals surface area contributed by atoms with Crippen LogP contribution in [0.3, 0.4) is 0 Å². The molecule has 29 heavy (non-hydrogen) atoms. The lowest BCUT2D eigenvalue weighted by Crippen LogP contribution is -2.54. The number of amides is 4. The molecule has 0 saturated carbocycles. The SMILES string of the molecule is CC(C)[C@H]1CN(Cc2cccc3c2C(=O)N(C2CCC(=O)NC2=O)C3=O)CCN1. The van der Waals surface area contributed by atoms with E-state index in [1.54, 1.807) is 12.1 Å². The molecule has 2 saturated heterocycles. The van der Waals surface area contributed by atoms with Gasteiger partial charge in [-0.3, -0.25) is 34.3 Å². The molecule has 154 valence electrons. The Labute approximate surface area is 169 Å². The van der Waals surface area contributed by atoms with Crippen molar-refractivity contribution in [2.24, 2.45) is 5.92 Å². The van der Waals surface area contributed by atoms with Crippen LogP contribution in [-0.2, 0) is 16.1 Å². The average molecular weight is 398 g/mol. The highest BCUT2D eigenvalue weighted by Crippen LogP contribution is 2.30. The van der Waals surface area contributed by atoms with Crippen LogP contribution < -0.4 is 10.6 Å². The molecule has 0 aliphatic carbocycles. The van der Waals surface area contributed by atoms with Crippen molar-refractivity contribution in [2.45, 2.75) is 45.3 Å². The molecule has 1 aromatic carbocycles. The Balaban J connectivity index is 1.58. The zero-order valence-electron chi connectivity index (χ0n) is 16.7. The fraction of sp³-hybridized carbons (Fsp3) is 0.524. The Hall–Kier alpha value is -2.58. The Kier molecular flexibility index (Phi) is 5.23. The van der Waals surface area contributed by atoms with Crippen LogP contribution in [-0.4, -0.2) is 65.1 Å². The lowest BCUT2D eigenvalue weighted by atomic mass is 9.99. The van der Waals surface area contributed by atoms with Gasteiger partial charge in [-0.25, -0.2) is 0 Å². The van der Waals surface area contributed by atoms with Gasteiger partial charge in [-0.2, -0.15) is 0 Å². The van der Waals surface area contributed by atoms with E-state index >= 15 is 0 Å². The van der Waals surface area contributed by atoms with Crippen LogP contribution in [0.25, 0.3) is 0 Å². The largest absolute Gasteiger partial charge is 0.311 e. The van der Waals surface area contributed by atoms with Crippen LogP contribution in [0.4, 0.5) is 0 Å². The fourth-order valence-corrected chi connectivity index (χ4v) is 4.39. The number of nitrogens with zero attached hydrogens (tertiary/aromatic N) is 2. The topological polar surface area (TPSA) is 98.8 Å². The number of piperazine rings is 1. The molecule has 1 unspecified atom stereocenters. The van der Waals surface area contributed by atoms with E-state index in [0.717, 1.165) is 30.1 Å². The third kappa shape index (κ3) is 3.58. The van der Waals surface area contributed by atoms with Gasteiger partial charge in [0.05, 0.1) is 11.1 Å². The van der Waals surface area contributed by atoms with Crippen molar-refractivity contribution in [3.63, 3.8) is 0 Å². The van der Waals surface area contributed by atoms with Crippen molar-refractivity contribution in [3.05, 3.63) is 34.9 Å². The van der Waals surface area contributed by atoms with Gasteiger partial charge in [-0.1, -0.05) is 26.0 Å². The first-order valence-corrected chi connectivity index (χ1v) is 10.2. The summed E-state index contributed by atoms with van der Waals surface area (Å²) in [5.41, 5.74) is 1.54. The predicted octanol–water partition coefficient (Wildman–Crippen LogP) is 0.518. The number of carbonyl (C=O) groups excluding carboxylic acids is 4. The number of benzene rings is 1. The number of imide groups is 2. The summed E-state index contributed by atoms with van der Waals surface area (Å²) in [6.45, 7) is 7.57. The number of rotatable bonds is 4. The van der Waals surface area contributed by atoms with Crippen molar-refractivity contribution in [1.82, 2.24) is 20.4 Å². The predicted molar refractivity (Wildman–Crippen MR) is 105 cm³/mol. The van der Waals surface area contributed by atoms with E-state index in [0.29, 0.717) is 29.6 Å². The van der Waals surface area contributed by atoms with Gasteiger partial charge in [0.25, 0.3) is 11.8 Å². The molecule has 3 aliphatic heterocycles. The molecular weight excluding hydrogens is 372 g/mol. The second-order valence-corrected chi connectivity index (χ2v) is 8.33. The minimum Gasteiger partial charge on any atom is -0.311 e. The standard InChI is InChI=1S/C21H26N4O4/c1-12(2)15-11-24(9-8-22-15)10-13-4-3-5-14-18(13)21(29)25(20(14)28)16-6-7-17(26)23-19(16)27/h3-5,12,15-16,22H,6-11H2,1-2H3,(H,23,26,27)/t15-,16?/m1/s1. The van der Waals surface area contributed by atoms with E-state index in [2.05, 4.69) is 29.4 Å². The highest BCUT2D eigenvalue weighted by atomic mass is 16.2. The fourth-order valence-electron chi connectivity index (χ4n) is 4.39. The molecule has 4 amide bonds. The Morgan fingerprint density at radius 1 is 1.14 bits per heavy atom. The van der Waals surface area contributed by atoms with E-state index in [4.69, 9.17) is 0 Å². The molecule has 0 aromatic heterocycles. The van der Waals surface area contributed by atoms with Gasteiger partial charge < -0.3 is 5.32 Å². The summed E-state index contributed by atoms with van der Waals surface area (Å²) in [7, 11) is 0. The summed E-state index contributed by atoms with van der Waals surface area (Å²) in [6, 6.07) is 4.76. The van der Waals surface area contributed by atoms with Gasteiger partial charge in [0, 0.05) is 38.6 Å². The minimum absolute atomic E-state index is 0.119. The number of nitrogens with one attached hydrogen (secondary N) is 2. The van der Waals surface area contributed by atoms with E-state index < -0.39 is 23.8 Å². The average Bonchev–Trinajstić information content (AvgIpc) is 2.94. The number of hydrogen-bond donors (Lipinski definition) is 2. The first-order valence-electron chi connectivity index (χ1n) is 10.2. The maximum absolute atomic E-state index is 13.2. The third-order valence-electron chi connectivity index (χ3n) is 6.04. The summed E-state index contributed by atoms with van der Waals surface area (Å²) >= 11 is 0. The molecule has 2 fully saturated rings. The first-order chi connectivity index (χ1) is 13.9. The maximum Gasteiger partial charge on any atom is 0.262 e. The maximum atomic E-state index is 13.2. The minimum atomic E-state index is -0.933. The summed E-state index contributed by atoms with van der Waals surface area (Å²) in [4.78, 5) is 53.1. The van der Waals surface area contributed by atoms with Gasteiger partial charge >= 0.3 is 0 Å². The van der Waals surface area contributed by atoms with Crippen molar-refractivity contribution in [2.75, 3.05) is 19.6 Å². The molecule has 1 aromatic rings. The Morgan fingerprint density at radius 2 is 1.93 bits per heavy atom. The molecule has 4 rings (SSSR count). The number of carbonyl (C=O) groups is 4. The van der Waals surface area contributed by atoms with Crippen molar-refractivity contribution in [1.29, 1.82) is 0 Å². The Bertz CT molecular complexity index is 881. The summed E-state index contributed by atoms with van der Waals surface area (Å²) in [6.07, 6.45) is 0.285. The molecule has 0 radical (unpaired) electrons. The number of hydrogen-bond acceptors (Lipinski definition) is 6. The van der Waals surface area contributed by atoms with Gasteiger partial charge in [-0.15, -0.1) is 0 Å². The molecule has 8 heteroatoms. The van der Waals surface area contributed by atoms with E-state index in [1.165, 1.54) is 0 Å². The Morgan fingerprint density at radius 3 is 2.66 bits per heavy atom. The van der Waals surface area contributed by atoms with Gasteiger partial charge in [-0.05, 0) is 24.0 Å². The monoisotopic (exact) mass is 398 g/mol. The molecule has 0 spiro atoms. The van der Waals surface area contributed by atoms with Crippen LogP contribution in [0.2, 0.25) is 0 Å². The van der Waals surface area contributed by atoms with Gasteiger partial charge in [0.15, 0.2) is 0 Å². The van der Waals surface area contributed by atoms with E-state index in [1.807, 2.05) is 6.07 Å². The lowest BCUT2D eigenvalue weighted by Gasteiger charge is -2.36. The van der Waals surface area contributed by atoms with Crippen LogP contribution in [0, 0.1) is 5.92 Å².